The highest BCUT2D eigenvalue weighted by atomic mass is 16.3. The first kappa shape index (κ1) is 18.8. The largest absolute Gasteiger partial charge is 0.456 e. The van der Waals surface area contributed by atoms with Crippen LogP contribution in [0.4, 0.5) is 0 Å². The van der Waals surface area contributed by atoms with Crippen LogP contribution in [-0.2, 0) is 0 Å². The lowest BCUT2D eigenvalue weighted by atomic mass is 9.83. The Morgan fingerprint density at radius 2 is 1.06 bits per heavy atom. The zero-order valence-corrected chi connectivity index (χ0v) is 25.9. The summed E-state index contributed by atoms with van der Waals surface area (Å²) >= 11 is 0. The normalized spacial score (nSPS) is 14.8. The van der Waals surface area contributed by atoms with Gasteiger partial charge in [-0.2, -0.15) is 0 Å². The molecule has 0 N–H and O–H groups in total. The summed E-state index contributed by atoms with van der Waals surface area (Å²) in [6.07, 6.45) is 0. The number of hydrogen-bond donors (Lipinski definition) is 0. The molecule has 0 spiro atoms. The van der Waals surface area contributed by atoms with E-state index >= 15 is 0 Å². The number of furan rings is 1. The third kappa shape index (κ3) is 4.40. The van der Waals surface area contributed by atoms with Gasteiger partial charge in [0.2, 0.25) is 0 Å². The minimum absolute atomic E-state index is 0.0235. The van der Waals surface area contributed by atoms with Gasteiger partial charge in [0.1, 0.15) is 11.2 Å². The maximum atomic E-state index is 9.88. The topological polar surface area (TPSA) is 13.1 Å². The summed E-state index contributed by atoms with van der Waals surface area (Å²) in [5.74, 6) is 0. The minimum atomic E-state index is -0.461. The molecule has 0 aliphatic rings. The van der Waals surface area contributed by atoms with E-state index in [1.165, 1.54) is 0 Å². The predicted octanol–water partition coefficient (Wildman–Crippen LogP) is 13.7. The molecule has 1 aromatic heterocycles. The van der Waals surface area contributed by atoms with Gasteiger partial charge < -0.3 is 4.42 Å². The Morgan fingerprint density at radius 1 is 0.388 bits per heavy atom. The smallest absolute Gasteiger partial charge is 0.136 e. The van der Waals surface area contributed by atoms with Crippen molar-refractivity contribution in [3.05, 3.63) is 182 Å². The van der Waals surface area contributed by atoms with Crippen LogP contribution in [0.15, 0.2) is 186 Å². The zero-order chi connectivity index (χ0) is 41.9. The Morgan fingerprint density at radius 3 is 1.82 bits per heavy atom. The van der Waals surface area contributed by atoms with Crippen molar-refractivity contribution in [2.75, 3.05) is 0 Å². The lowest BCUT2D eigenvalue weighted by molar-refractivity contribution is 0.669. The molecule has 0 fully saturated rings. The molecule has 10 rings (SSSR count). The van der Waals surface area contributed by atoms with Gasteiger partial charge in [0.15, 0.2) is 0 Å². The SMILES string of the molecule is [2H]c1c([2H])c([2H])c(-c2ccc3c(c2)oc2cccc(-c4c5ccccc5c(-c5c([2H])c(-c6ccccc6)c6c([2H])c([2H])c([2H])c([2H])c6c5[2H])c5ccccc45)c23)c([2H])c1[2H]. The molecule has 0 atom stereocenters. The summed E-state index contributed by atoms with van der Waals surface area (Å²) in [6, 6.07) is 32.1. The van der Waals surface area contributed by atoms with Crippen molar-refractivity contribution in [3.8, 4) is 44.5 Å². The lowest BCUT2D eigenvalue weighted by Crippen LogP contribution is -1.92. The standard InChI is InChI=1S/C48H30O/c1-3-14-31(15-4-1)33-26-27-41-45(30-33)49-44-25-13-24-42(48(41)44)47-39-22-11-9-20-37(39)46(38-21-10-12-23-40(38)47)35-28-34-18-7-8-19-36(34)43(29-35)32-16-5-2-6-17-32/h1-30H/i1D,3D,4D,7D,8D,14D,15D,18D,19D,28D,29D. The zero-order valence-electron chi connectivity index (χ0n) is 36.9. The first-order valence-corrected chi connectivity index (χ1v) is 16.0. The molecule has 49 heavy (non-hydrogen) atoms. The quantitative estimate of drug-likeness (QED) is 0.176. The maximum absolute atomic E-state index is 9.88. The van der Waals surface area contributed by atoms with E-state index in [0.29, 0.717) is 33.4 Å². The Kier molecular flexibility index (Phi) is 4.25. The Balaban J connectivity index is 1.30. The molecule has 1 heterocycles. The molecule has 228 valence electrons. The molecular formula is C48H30O. The summed E-state index contributed by atoms with van der Waals surface area (Å²) < 4.78 is 103. The first-order chi connectivity index (χ1) is 28.9. The fraction of sp³-hybridized carbons (Fsp3) is 0. The van der Waals surface area contributed by atoms with Crippen molar-refractivity contribution in [3.63, 3.8) is 0 Å². The van der Waals surface area contributed by atoms with Gasteiger partial charge in [-0.25, -0.2) is 0 Å². The van der Waals surface area contributed by atoms with Crippen LogP contribution in [0, 0.1) is 0 Å². The third-order valence-electron chi connectivity index (χ3n) is 9.24. The van der Waals surface area contributed by atoms with Crippen LogP contribution >= 0.6 is 0 Å². The summed E-state index contributed by atoms with van der Waals surface area (Å²) in [7, 11) is 0. The van der Waals surface area contributed by atoms with E-state index in [0.717, 1.165) is 43.4 Å². The van der Waals surface area contributed by atoms with E-state index in [2.05, 4.69) is 0 Å². The Hall–Kier alpha value is -6.44. The third-order valence-corrected chi connectivity index (χ3v) is 9.24. The minimum Gasteiger partial charge on any atom is -0.456 e. The van der Waals surface area contributed by atoms with Gasteiger partial charge in [-0.3, -0.25) is 0 Å². The van der Waals surface area contributed by atoms with Crippen LogP contribution in [0.25, 0.3) is 98.8 Å². The molecule has 10 aromatic rings. The second-order valence-corrected chi connectivity index (χ2v) is 11.9. The molecule has 0 bridgehead atoms. The highest BCUT2D eigenvalue weighted by Crippen LogP contribution is 2.48. The molecule has 1 nitrogen and oxygen atoms in total. The second kappa shape index (κ2) is 11.1. The molecule has 1 heteroatoms. The number of benzene rings is 9. The fourth-order valence-electron chi connectivity index (χ4n) is 7.16. The van der Waals surface area contributed by atoms with Crippen LogP contribution in [-0.4, -0.2) is 0 Å². The van der Waals surface area contributed by atoms with E-state index in [1.54, 1.807) is 12.1 Å². The van der Waals surface area contributed by atoms with Crippen LogP contribution < -0.4 is 0 Å². The first-order valence-electron chi connectivity index (χ1n) is 21.5. The summed E-state index contributed by atoms with van der Waals surface area (Å²) in [6.45, 7) is 0. The van der Waals surface area contributed by atoms with E-state index < -0.39 is 30.2 Å². The van der Waals surface area contributed by atoms with Crippen molar-refractivity contribution in [1.29, 1.82) is 0 Å². The molecule has 0 aliphatic heterocycles. The molecule has 0 saturated heterocycles. The van der Waals surface area contributed by atoms with Gasteiger partial charge in [0, 0.05) is 10.8 Å². The van der Waals surface area contributed by atoms with E-state index in [-0.39, 0.29) is 58.2 Å². The number of hydrogen-bond acceptors (Lipinski definition) is 1. The summed E-state index contributed by atoms with van der Waals surface area (Å²) in [5.41, 5.74) is 5.03. The molecule has 9 aromatic carbocycles. The molecule has 0 radical (unpaired) electrons. The van der Waals surface area contributed by atoms with Crippen molar-refractivity contribution in [2.24, 2.45) is 0 Å². The van der Waals surface area contributed by atoms with Crippen LogP contribution in [0.1, 0.15) is 15.1 Å². The van der Waals surface area contributed by atoms with Crippen molar-refractivity contribution < 1.29 is 19.5 Å². The molecule has 0 aliphatic carbocycles. The van der Waals surface area contributed by atoms with Gasteiger partial charge in [0.05, 0.1) is 15.1 Å². The molecule has 0 amide bonds. The van der Waals surface area contributed by atoms with E-state index in [4.69, 9.17) is 16.8 Å². The highest BCUT2D eigenvalue weighted by molar-refractivity contribution is 6.26. The monoisotopic (exact) mass is 633 g/mol. The highest BCUT2D eigenvalue weighted by Gasteiger charge is 2.21. The summed E-state index contributed by atoms with van der Waals surface area (Å²) in [4.78, 5) is 0. The van der Waals surface area contributed by atoms with Crippen LogP contribution in [0.5, 0.6) is 0 Å². The predicted molar refractivity (Wildman–Crippen MR) is 208 cm³/mol. The maximum Gasteiger partial charge on any atom is 0.136 e. The average molecular weight is 634 g/mol. The van der Waals surface area contributed by atoms with Crippen molar-refractivity contribution in [1.82, 2.24) is 0 Å². The number of fused-ring (bicyclic) bond motifs is 6. The van der Waals surface area contributed by atoms with Gasteiger partial charge >= 0.3 is 0 Å². The van der Waals surface area contributed by atoms with Gasteiger partial charge in [-0.05, 0) is 107 Å². The van der Waals surface area contributed by atoms with Crippen LogP contribution in [0.2, 0.25) is 0 Å². The van der Waals surface area contributed by atoms with Crippen molar-refractivity contribution >= 4 is 54.3 Å². The van der Waals surface area contributed by atoms with E-state index in [9.17, 15) is 2.74 Å². The van der Waals surface area contributed by atoms with Crippen molar-refractivity contribution in [2.45, 2.75) is 0 Å². The Labute approximate surface area is 299 Å². The Bertz CT molecular complexity index is 3420. The molecule has 0 unspecified atom stereocenters. The van der Waals surface area contributed by atoms with Crippen LogP contribution in [0.3, 0.4) is 0 Å². The molecular weight excluding hydrogens is 593 g/mol. The lowest BCUT2D eigenvalue weighted by Gasteiger charge is -2.19. The van der Waals surface area contributed by atoms with E-state index in [1.807, 2.05) is 103 Å². The second-order valence-electron chi connectivity index (χ2n) is 11.9. The van der Waals surface area contributed by atoms with Gasteiger partial charge in [-0.1, -0.05) is 151 Å². The summed E-state index contributed by atoms with van der Waals surface area (Å²) in [5, 5.41) is 4.84. The van der Waals surface area contributed by atoms with Gasteiger partial charge in [0.25, 0.3) is 0 Å². The molecule has 0 saturated carbocycles. The number of rotatable bonds is 4. The van der Waals surface area contributed by atoms with Gasteiger partial charge in [-0.15, -0.1) is 0 Å². The average Bonchev–Trinajstić information content (AvgIpc) is 3.64. The fourth-order valence-corrected chi connectivity index (χ4v) is 7.16.